The highest BCUT2D eigenvalue weighted by Gasteiger charge is 2.38. The van der Waals surface area contributed by atoms with Crippen molar-refractivity contribution in [2.45, 2.75) is 57.8 Å². The van der Waals surface area contributed by atoms with Gasteiger partial charge in [0.05, 0.1) is 11.1 Å². The Balaban J connectivity index is 1.85. The van der Waals surface area contributed by atoms with E-state index in [1.807, 2.05) is 13.1 Å². The number of hydrogen-bond acceptors (Lipinski definition) is 5. The van der Waals surface area contributed by atoms with Crippen molar-refractivity contribution >= 4 is 11.3 Å². The molecule has 1 aromatic rings. The van der Waals surface area contributed by atoms with Gasteiger partial charge in [-0.15, -0.1) is 11.3 Å². The van der Waals surface area contributed by atoms with Gasteiger partial charge in [0.1, 0.15) is 5.60 Å². The number of nitrogens with zero attached hydrogens (tertiary/aromatic N) is 1. The van der Waals surface area contributed by atoms with Crippen molar-refractivity contribution in [3.05, 3.63) is 16.1 Å². The third-order valence-electron chi connectivity index (χ3n) is 3.59. The fourth-order valence-electron chi connectivity index (χ4n) is 2.14. The monoisotopic (exact) mass is 284 g/mol. The molecule has 2 atom stereocenters. The summed E-state index contributed by atoms with van der Waals surface area (Å²) in [4.78, 5) is 5.67. The Hall–Kier alpha value is -0.490. The number of thiazole rings is 1. The molecule has 1 aliphatic heterocycles. The third kappa shape index (κ3) is 3.54. The summed E-state index contributed by atoms with van der Waals surface area (Å²) in [7, 11) is 0. The Labute approximate surface area is 119 Å². The van der Waals surface area contributed by atoms with Gasteiger partial charge in [0, 0.05) is 42.6 Å². The van der Waals surface area contributed by atoms with Gasteiger partial charge in [-0.3, -0.25) is 0 Å². The lowest BCUT2D eigenvalue weighted by Gasteiger charge is -2.26. The number of ether oxygens (including phenoxy) is 1. The molecule has 19 heavy (non-hydrogen) atoms. The number of aliphatic hydroxyl groups is 1. The Kier molecular flexibility index (Phi) is 4.30. The molecular formula is C14H24N2O2S. The normalized spacial score (nSPS) is 27.9. The lowest BCUT2D eigenvalue weighted by atomic mass is 9.97. The van der Waals surface area contributed by atoms with Crippen LogP contribution in [0.1, 0.15) is 44.0 Å². The molecule has 108 valence electrons. The SMILES string of the molecule is CC1OCCC1(O)CNCc1cnc(C(C)(C)C)s1. The van der Waals surface area contributed by atoms with Crippen molar-refractivity contribution in [2.75, 3.05) is 13.2 Å². The molecule has 0 bridgehead atoms. The number of nitrogens with one attached hydrogen (secondary N) is 1. The van der Waals surface area contributed by atoms with Gasteiger partial charge in [-0.05, 0) is 6.92 Å². The highest BCUT2D eigenvalue weighted by atomic mass is 32.1. The van der Waals surface area contributed by atoms with Crippen molar-refractivity contribution in [1.29, 1.82) is 0 Å². The average Bonchev–Trinajstić information content (AvgIpc) is 2.88. The largest absolute Gasteiger partial charge is 0.386 e. The maximum absolute atomic E-state index is 10.4. The second-order valence-corrected chi connectivity index (χ2v) is 7.47. The fourth-order valence-corrected chi connectivity index (χ4v) is 3.08. The Bertz CT molecular complexity index is 427. The van der Waals surface area contributed by atoms with Crippen molar-refractivity contribution in [1.82, 2.24) is 10.3 Å². The van der Waals surface area contributed by atoms with Crippen molar-refractivity contribution < 1.29 is 9.84 Å². The first-order valence-electron chi connectivity index (χ1n) is 6.81. The van der Waals surface area contributed by atoms with Crippen LogP contribution in [0.5, 0.6) is 0 Å². The molecular weight excluding hydrogens is 260 g/mol. The van der Waals surface area contributed by atoms with Crippen LogP contribution < -0.4 is 5.32 Å². The number of rotatable bonds is 4. The summed E-state index contributed by atoms with van der Waals surface area (Å²) in [6.45, 7) is 10.4. The smallest absolute Gasteiger partial charge is 0.105 e. The molecule has 0 aromatic carbocycles. The van der Waals surface area contributed by atoms with Gasteiger partial charge >= 0.3 is 0 Å². The third-order valence-corrected chi connectivity index (χ3v) is 5.01. The molecule has 0 aliphatic carbocycles. The Morgan fingerprint density at radius 1 is 1.58 bits per heavy atom. The predicted octanol–water partition coefficient (Wildman–Crippen LogP) is 2.07. The molecule has 0 radical (unpaired) electrons. The average molecular weight is 284 g/mol. The van der Waals surface area contributed by atoms with Crippen LogP contribution in [-0.2, 0) is 16.7 Å². The van der Waals surface area contributed by atoms with E-state index in [1.165, 1.54) is 4.88 Å². The van der Waals surface area contributed by atoms with Gasteiger partial charge in [-0.2, -0.15) is 0 Å². The molecule has 5 heteroatoms. The summed E-state index contributed by atoms with van der Waals surface area (Å²) >= 11 is 1.74. The van der Waals surface area contributed by atoms with Crippen LogP contribution in [0.4, 0.5) is 0 Å². The summed E-state index contributed by atoms with van der Waals surface area (Å²) in [5, 5.41) is 14.8. The first kappa shape index (κ1) is 14.9. The second-order valence-electron chi connectivity index (χ2n) is 6.35. The maximum Gasteiger partial charge on any atom is 0.105 e. The molecule has 4 nitrogen and oxygen atoms in total. The topological polar surface area (TPSA) is 54.4 Å². The number of aromatic nitrogens is 1. The minimum Gasteiger partial charge on any atom is -0.386 e. The quantitative estimate of drug-likeness (QED) is 0.889. The molecule has 1 saturated heterocycles. The van der Waals surface area contributed by atoms with Crippen molar-refractivity contribution in [3.63, 3.8) is 0 Å². The highest BCUT2D eigenvalue weighted by molar-refractivity contribution is 7.11. The van der Waals surface area contributed by atoms with Crippen LogP contribution in [0.3, 0.4) is 0 Å². The molecule has 0 saturated carbocycles. The first-order chi connectivity index (χ1) is 8.81. The summed E-state index contributed by atoms with van der Waals surface area (Å²) in [6, 6.07) is 0. The van der Waals surface area contributed by atoms with E-state index in [4.69, 9.17) is 4.74 Å². The van der Waals surface area contributed by atoms with Crippen LogP contribution in [-0.4, -0.2) is 34.9 Å². The molecule has 0 amide bonds. The molecule has 2 unspecified atom stereocenters. The van der Waals surface area contributed by atoms with Crippen LogP contribution in [0.25, 0.3) is 0 Å². The summed E-state index contributed by atoms with van der Waals surface area (Å²) in [5.74, 6) is 0. The van der Waals surface area contributed by atoms with Crippen LogP contribution in [0.2, 0.25) is 0 Å². The first-order valence-corrected chi connectivity index (χ1v) is 7.63. The Morgan fingerprint density at radius 3 is 2.84 bits per heavy atom. The van der Waals surface area contributed by atoms with E-state index < -0.39 is 5.60 Å². The van der Waals surface area contributed by atoms with E-state index in [0.717, 1.165) is 11.6 Å². The van der Waals surface area contributed by atoms with Crippen molar-refractivity contribution in [2.24, 2.45) is 0 Å². The van der Waals surface area contributed by atoms with E-state index in [1.54, 1.807) is 11.3 Å². The minimum atomic E-state index is -0.725. The van der Waals surface area contributed by atoms with E-state index >= 15 is 0 Å². The lowest BCUT2D eigenvalue weighted by Crippen LogP contribution is -2.45. The van der Waals surface area contributed by atoms with Crippen LogP contribution in [0, 0.1) is 0 Å². The highest BCUT2D eigenvalue weighted by Crippen LogP contribution is 2.27. The zero-order chi connectivity index (χ0) is 14.1. The molecule has 0 spiro atoms. The van der Waals surface area contributed by atoms with Crippen LogP contribution >= 0.6 is 11.3 Å². The Morgan fingerprint density at radius 2 is 2.32 bits per heavy atom. The number of hydrogen-bond donors (Lipinski definition) is 2. The fraction of sp³-hybridized carbons (Fsp3) is 0.786. The molecule has 2 rings (SSSR count). The zero-order valence-corrected chi connectivity index (χ0v) is 13.0. The molecule has 2 N–H and O–H groups in total. The summed E-state index contributed by atoms with van der Waals surface area (Å²) in [6.07, 6.45) is 2.54. The predicted molar refractivity (Wildman–Crippen MR) is 77.5 cm³/mol. The summed E-state index contributed by atoms with van der Waals surface area (Å²) < 4.78 is 5.42. The van der Waals surface area contributed by atoms with Gasteiger partial charge in [0.15, 0.2) is 0 Å². The van der Waals surface area contributed by atoms with Crippen LogP contribution in [0.15, 0.2) is 6.20 Å². The standard InChI is InChI=1S/C14H24N2O2S/c1-10-14(17,5-6-18-10)9-15-7-11-8-16-12(19-11)13(2,3)4/h8,10,15,17H,5-7,9H2,1-4H3. The van der Waals surface area contributed by atoms with Gasteiger partial charge in [-0.1, -0.05) is 20.8 Å². The maximum atomic E-state index is 10.4. The van der Waals surface area contributed by atoms with E-state index in [0.29, 0.717) is 19.6 Å². The van der Waals surface area contributed by atoms with Gasteiger partial charge in [-0.25, -0.2) is 4.98 Å². The van der Waals surface area contributed by atoms with Crippen molar-refractivity contribution in [3.8, 4) is 0 Å². The molecule has 1 aliphatic rings. The van der Waals surface area contributed by atoms with E-state index in [-0.39, 0.29) is 11.5 Å². The lowest BCUT2D eigenvalue weighted by molar-refractivity contribution is -0.0262. The van der Waals surface area contributed by atoms with E-state index in [2.05, 4.69) is 31.1 Å². The summed E-state index contributed by atoms with van der Waals surface area (Å²) in [5.41, 5.74) is -0.619. The minimum absolute atomic E-state index is 0.0911. The van der Waals surface area contributed by atoms with Gasteiger partial charge in [0.25, 0.3) is 0 Å². The molecule has 2 heterocycles. The zero-order valence-electron chi connectivity index (χ0n) is 12.2. The van der Waals surface area contributed by atoms with Gasteiger partial charge < -0.3 is 15.2 Å². The second kappa shape index (κ2) is 5.48. The molecule has 1 fully saturated rings. The molecule has 1 aromatic heterocycles. The van der Waals surface area contributed by atoms with E-state index in [9.17, 15) is 5.11 Å². The van der Waals surface area contributed by atoms with Gasteiger partial charge in [0.2, 0.25) is 0 Å².